The molecule has 17 heavy (non-hydrogen) atoms. The zero-order valence-corrected chi connectivity index (χ0v) is 10.8. The van der Waals surface area contributed by atoms with E-state index in [9.17, 15) is 5.11 Å². The second-order valence-corrected chi connectivity index (χ2v) is 5.59. The summed E-state index contributed by atoms with van der Waals surface area (Å²) in [7, 11) is 0. The van der Waals surface area contributed by atoms with Gasteiger partial charge in [0.1, 0.15) is 0 Å². The first-order chi connectivity index (χ1) is 8.16. The lowest BCUT2D eigenvalue weighted by molar-refractivity contribution is 0.103. The summed E-state index contributed by atoms with van der Waals surface area (Å²) in [5.74, 6) is 1.21. The van der Waals surface area contributed by atoms with E-state index in [1.54, 1.807) is 0 Å². The molecule has 0 aliphatic heterocycles. The number of hydrogen-bond acceptors (Lipinski definition) is 2. The van der Waals surface area contributed by atoms with Crippen LogP contribution in [0.25, 0.3) is 0 Å². The second-order valence-electron chi connectivity index (χ2n) is 5.59. The van der Waals surface area contributed by atoms with E-state index in [2.05, 4.69) is 31.3 Å². The maximum atomic E-state index is 9.83. The monoisotopic (exact) mass is 233 g/mol. The first-order valence-corrected chi connectivity index (χ1v) is 6.60. The van der Waals surface area contributed by atoms with Crippen LogP contribution in [-0.4, -0.2) is 17.3 Å². The number of para-hydroxylation sites is 1. The van der Waals surface area contributed by atoms with E-state index >= 15 is 0 Å². The van der Waals surface area contributed by atoms with Gasteiger partial charge in [-0.05, 0) is 36.8 Å². The number of anilines is 1. The molecule has 1 aromatic rings. The third-order valence-electron chi connectivity index (χ3n) is 4.20. The third kappa shape index (κ3) is 2.63. The molecule has 1 saturated carbocycles. The SMILES string of the molecule is CC1CCC(C)C(CO)(Nc2ccccc2)C1. The molecular weight excluding hydrogens is 210 g/mol. The van der Waals surface area contributed by atoms with Crippen molar-refractivity contribution in [3.63, 3.8) is 0 Å². The van der Waals surface area contributed by atoms with Crippen molar-refractivity contribution < 1.29 is 5.11 Å². The van der Waals surface area contributed by atoms with Crippen LogP contribution in [0.1, 0.15) is 33.1 Å². The Morgan fingerprint density at radius 2 is 1.94 bits per heavy atom. The Bertz CT molecular complexity index is 351. The molecular formula is C15H23NO. The minimum Gasteiger partial charge on any atom is -0.394 e. The molecule has 0 spiro atoms. The third-order valence-corrected chi connectivity index (χ3v) is 4.20. The number of rotatable bonds is 3. The summed E-state index contributed by atoms with van der Waals surface area (Å²) in [5, 5.41) is 13.4. The number of nitrogens with one attached hydrogen (secondary N) is 1. The average Bonchev–Trinajstić information content (AvgIpc) is 2.35. The molecule has 1 fully saturated rings. The highest BCUT2D eigenvalue weighted by molar-refractivity contribution is 5.45. The molecule has 2 nitrogen and oxygen atoms in total. The molecule has 0 amide bonds. The molecule has 3 unspecified atom stereocenters. The van der Waals surface area contributed by atoms with Crippen LogP contribution in [0.15, 0.2) is 30.3 Å². The van der Waals surface area contributed by atoms with Gasteiger partial charge in [0.15, 0.2) is 0 Å². The van der Waals surface area contributed by atoms with Crippen molar-refractivity contribution in [2.24, 2.45) is 11.8 Å². The first kappa shape index (κ1) is 12.4. The van der Waals surface area contributed by atoms with E-state index in [4.69, 9.17) is 0 Å². The molecule has 0 bridgehead atoms. The van der Waals surface area contributed by atoms with Gasteiger partial charge in [0.05, 0.1) is 12.1 Å². The minimum absolute atomic E-state index is 0.140. The van der Waals surface area contributed by atoms with Crippen LogP contribution < -0.4 is 5.32 Å². The maximum absolute atomic E-state index is 9.83. The summed E-state index contributed by atoms with van der Waals surface area (Å²) in [6.07, 6.45) is 3.53. The van der Waals surface area contributed by atoms with Crippen LogP contribution in [0.5, 0.6) is 0 Å². The van der Waals surface area contributed by atoms with Crippen LogP contribution in [0.3, 0.4) is 0 Å². The van der Waals surface area contributed by atoms with Gasteiger partial charge in [-0.2, -0.15) is 0 Å². The predicted octanol–water partition coefficient (Wildman–Crippen LogP) is 3.29. The van der Waals surface area contributed by atoms with Crippen molar-refractivity contribution in [2.45, 2.75) is 38.6 Å². The fourth-order valence-corrected chi connectivity index (χ4v) is 2.98. The van der Waals surface area contributed by atoms with Crippen molar-refractivity contribution in [3.8, 4) is 0 Å². The topological polar surface area (TPSA) is 32.3 Å². The molecule has 2 rings (SSSR count). The van der Waals surface area contributed by atoms with Crippen LogP contribution in [0.2, 0.25) is 0 Å². The highest BCUT2D eigenvalue weighted by Gasteiger charge is 2.40. The van der Waals surface area contributed by atoms with Crippen LogP contribution >= 0.6 is 0 Å². The van der Waals surface area contributed by atoms with Crippen molar-refractivity contribution in [1.29, 1.82) is 0 Å². The zero-order valence-electron chi connectivity index (χ0n) is 10.8. The standard InChI is InChI=1S/C15H23NO/c1-12-8-9-13(2)15(10-12,11-17)16-14-6-4-3-5-7-14/h3-7,12-13,16-17H,8-11H2,1-2H3. The molecule has 0 radical (unpaired) electrons. The molecule has 94 valence electrons. The molecule has 2 N–H and O–H groups in total. The summed E-state index contributed by atoms with van der Waals surface area (Å²) in [5.41, 5.74) is 0.974. The summed E-state index contributed by atoms with van der Waals surface area (Å²) in [6.45, 7) is 4.74. The summed E-state index contributed by atoms with van der Waals surface area (Å²) >= 11 is 0. The number of aliphatic hydroxyl groups excluding tert-OH is 1. The van der Waals surface area contributed by atoms with Gasteiger partial charge in [-0.25, -0.2) is 0 Å². The van der Waals surface area contributed by atoms with E-state index in [1.807, 2.05) is 18.2 Å². The normalized spacial score (nSPS) is 33.4. The Morgan fingerprint density at radius 1 is 1.24 bits per heavy atom. The Labute approximate surface area is 104 Å². The number of hydrogen-bond donors (Lipinski definition) is 2. The van der Waals surface area contributed by atoms with Gasteiger partial charge in [0.2, 0.25) is 0 Å². The predicted molar refractivity (Wildman–Crippen MR) is 72.1 cm³/mol. The zero-order chi connectivity index (χ0) is 12.3. The number of benzene rings is 1. The van der Waals surface area contributed by atoms with Crippen LogP contribution in [0, 0.1) is 11.8 Å². The maximum Gasteiger partial charge on any atom is 0.0664 e. The Balaban J connectivity index is 2.18. The van der Waals surface area contributed by atoms with E-state index < -0.39 is 0 Å². The smallest absolute Gasteiger partial charge is 0.0664 e. The highest BCUT2D eigenvalue weighted by atomic mass is 16.3. The van der Waals surface area contributed by atoms with Crippen molar-refractivity contribution in [3.05, 3.63) is 30.3 Å². The van der Waals surface area contributed by atoms with Gasteiger partial charge in [-0.15, -0.1) is 0 Å². The van der Waals surface area contributed by atoms with Gasteiger partial charge in [0.25, 0.3) is 0 Å². The molecule has 0 heterocycles. The first-order valence-electron chi connectivity index (χ1n) is 6.60. The number of aliphatic hydroxyl groups is 1. The van der Waals surface area contributed by atoms with Crippen molar-refractivity contribution >= 4 is 5.69 Å². The lowest BCUT2D eigenvalue weighted by Crippen LogP contribution is -2.51. The van der Waals surface area contributed by atoms with Gasteiger partial charge in [0, 0.05) is 5.69 Å². The van der Waals surface area contributed by atoms with E-state index in [0.717, 1.165) is 12.1 Å². The summed E-state index contributed by atoms with van der Waals surface area (Å²) in [4.78, 5) is 0. The van der Waals surface area contributed by atoms with E-state index in [-0.39, 0.29) is 12.1 Å². The Hall–Kier alpha value is -1.02. The van der Waals surface area contributed by atoms with Gasteiger partial charge < -0.3 is 10.4 Å². The van der Waals surface area contributed by atoms with Crippen molar-refractivity contribution in [1.82, 2.24) is 0 Å². The molecule has 1 aromatic carbocycles. The van der Waals surface area contributed by atoms with Gasteiger partial charge >= 0.3 is 0 Å². The molecule has 3 atom stereocenters. The minimum atomic E-state index is -0.140. The van der Waals surface area contributed by atoms with Crippen LogP contribution in [-0.2, 0) is 0 Å². The molecule has 1 aliphatic rings. The van der Waals surface area contributed by atoms with E-state index in [0.29, 0.717) is 11.8 Å². The molecule has 1 aliphatic carbocycles. The average molecular weight is 233 g/mol. The van der Waals surface area contributed by atoms with Gasteiger partial charge in [-0.3, -0.25) is 0 Å². The molecule has 2 heteroatoms. The van der Waals surface area contributed by atoms with E-state index in [1.165, 1.54) is 12.8 Å². The van der Waals surface area contributed by atoms with Crippen LogP contribution in [0.4, 0.5) is 5.69 Å². The molecule has 0 aromatic heterocycles. The lowest BCUT2D eigenvalue weighted by Gasteiger charge is -2.45. The largest absolute Gasteiger partial charge is 0.394 e. The Morgan fingerprint density at radius 3 is 2.59 bits per heavy atom. The fraction of sp³-hybridized carbons (Fsp3) is 0.600. The van der Waals surface area contributed by atoms with Crippen molar-refractivity contribution in [2.75, 3.05) is 11.9 Å². The lowest BCUT2D eigenvalue weighted by atomic mass is 9.70. The highest BCUT2D eigenvalue weighted by Crippen LogP contribution is 2.38. The second kappa shape index (κ2) is 5.09. The fourth-order valence-electron chi connectivity index (χ4n) is 2.98. The Kier molecular flexibility index (Phi) is 3.72. The van der Waals surface area contributed by atoms with Gasteiger partial charge in [-0.1, -0.05) is 38.5 Å². The quantitative estimate of drug-likeness (QED) is 0.839. The summed E-state index contributed by atoms with van der Waals surface area (Å²) in [6, 6.07) is 10.2. The summed E-state index contributed by atoms with van der Waals surface area (Å²) < 4.78 is 0. The molecule has 0 saturated heterocycles.